The molecule has 0 bridgehead atoms. The summed E-state index contributed by atoms with van der Waals surface area (Å²) in [5.74, 6) is -0.168. The van der Waals surface area contributed by atoms with E-state index in [0.717, 1.165) is 5.52 Å². The number of nitrogens with one attached hydrogen (secondary N) is 2. The van der Waals surface area contributed by atoms with Gasteiger partial charge in [0.05, 0.1) is 32.3 Å². The quantitative estimate of drug-likeness (QED) is 0.0959. The van der Waals surface area contributed by atoms with E-state index in [0.29, 0.717) is 61.7 Å². The second-order valence-electron chi connectivity index (χ2n) is 12.2. The van der Waals surface area contributed by atoms with Crippen molar-refractivity contribution in [2.45, 2.75) is 16.6 Å². The summed E-state index contributed by atoms with van der Waals surface area (Å²) in [5, 5.41) is 4.88. The largest absolute Gasteiger partial charge is 0.496 e. The molecule has 1 fully saturated rings. The highest BCUT2D eigenvalue weighted by atomic mass is 32.2. The lowest BCUT2D eigenvalue weighted by Gasteiger charge is -2.16. The van der Waals surface area contributed by atoms with Crippen LogP contribution in [-0.2, 0) is 14.4 Å². The van der Waals surface area contributed by atoms with Crippen LogP contribution >= 0.6 is 11.8 Å². The Morgan fingerprint density at radius 3 is 2.25 bits per heavy atom. The van der Waals surface area contributed by atoms with Gasteiger partial charge in [-0.25, -0.2) is 9.88 Å². The molecule has 12 nitrogen and oxygen atoms in total. The fraction of sp³-hybridized carbons (Fsp3) is 0.119. The molecule has 0 aliphatic carbocycles. The van der Waals surface area contributed by atoms with Crippen molar-refractivity contribution in [3.05, 3.63) is 132 Å². The number of anilines is 2. The summed E-state index contributed by atoms with van der Waals surface area (Å²) in [6.45, 7) is 0. The molecule has 1 aliphatic rings. The van der Waals surface area contributed by atoms with Gasteiger partial charge in [-0.1, -0.05) is 36.4 Å². The van der Waals surface area contributed by atoms with Gasteiger partial charge in [0, 0.05) is 39.8 Å². The van der Waals surface area contributed by atoms with E-state index in [-0.39, 0.29) is 23.9 Å². The summed E-state index contributed by atoms with van der Waals surface area (Å²) in [5.41, 5.74) is 3.67. The highest BCUT2D eigenvalue weighted by Gasteiger charge is 2.40. The molecule has 6 aromatic rings. The van der Waals surface area contributed by atoms with Crippen molar-refractivity contribution in [3.8, 4) is 28.7 Å². The molecule has 1 aliphatic heterocycles. The summed E-state index contributed by atoms with van der Waals surface area (Å²) in [6.07, 6.45) is 1.48. The first-order chi connectivity index (χ1) is 26.7. The Labute approximate surface area is 320 Å². The van der Waals surface area contributed by atoms with Crippen LogP contribution in [-0.4, -0.2) is 55.2 Å². The molecule has 4 amide bonds. The number of hydrogen-bond acceptors (Lipinski definition) is 10. The van der Waals surface area contributed by atoms with Gasteiger partial charge < -0.3 is 29.3 Å². The standard InChI is InChI=1S/C42H34N4O8S/c1-51-34-23-36(53-3)35(52-2)21-27(34)20-32(44-39(48)25-10-5-4-6-11-25)40(49)43-28-12-9-13-30(22-28)55-37-24-38(47)46(42(37)50)29-18-16-26(17-19-29)41-45-31-14-7-8-15-33(31)54-41/h4-23,37H,24H2,1-3H3,(H,43,49)(H,44,48)/b32-20+/t37-/m0/s1. The van der Waals surface area contributed by atoms with Crippen LogP contribution in [0, 0.1) is 0 Å². The molecule has 55 heavy (non-hydrogen) atoms. The van der Waals surface area contributed by atoms with E-state index in [4.69, 9.17) is 18.6 Å². The molecule has 0 radical (unpaired) electrons. The molecule has 0 spiro atoms. The van der Waals surface area contributed by atoms with Gasteiger partial charge >= 0.3 is 0 Å². The Balaban J connectivity index is 1.08. The lowest BCUT2D eigenvalue weighted by Crippen LogP contribution is -2.31. The Bertz CT molecular complexity index is 2410. The fourth-order valence-corrected chi connectivity index (χ4v) is 7.10. The fourth-order valence-electron chi connectivity index (χ4n) is 5.99. The van der Waals surface area contributed by atoms with E-state index in [9.17, 15) is 19.2 Å². The molecule has 276 valence electrons. The summed E-state index contributed by atoms with van der Waals surface area (Å²) in [4.78, 5) is 60.2. The number of fused-ring (bicyclic) bond motifs is 1. The summed E-state index contributed by atoms with van der Waals surface area (Å²) < 4.78 is 22.3. The van der Waals surface area contributed by atoms with Crippen molar-refractivity contribution in [1.82, 2.24) is 10.3 Å². The molecule has 0 saturated carbocycles. The third-order valence-electron chi connectivity index (χ3n) is 8.71. The number of nitrogens with zero attached hydrogens (tertiary/aromatic N) is 2. The SMILES string of the molecule is COc1cc(OC)c(OC)cc1/C=C(/NC(=O)c1ccccc1)C(=O)Nc1cccc(S[C@H]2CC(=O)N(c3ccc(-c4nc5ccccc5o4)cc3)C2=O)c1. The van der Waals surface area contributed by atoms with Gasteiger partial charge in [-0.05, 0) is 78.9 Å². The van der Waals surface area contributed by atoms with Crippen LogP contribution in [0.3, 0.4) is 0 Å². The number of hydrogen-bond donors (Lipinski definition) is 2. The van der Waals surface area contributed by atoms with Crippen LogP contribution in [0.5, 0.6) is 17.2 Å². The first-order valence-electron chi connectivity index (χ1n) is 17.0. The minimum atomic E-state index is -0.687. The van der Waals surface area contributed by atoms with Gasteiger partial charge in [0.1, 0.15) is 17.0 Å². The number of rotatable bonds is 12. The lowest BCUT2D eigenvalue weighted by molar-refractivity contribution is -0.121. The number of imide groups is 1. The van der Waals surface area contributed by atoms with Gasteiger partial charge in [0.25, 0.3) is 11.8 Å². The van der Waals surface area contributed by atoms with Crippen LogP contribution in [0.25, 0.3) is 28.6 Å². The highest BCUT2D eigenvalue weighted by molar-refractivity contribution is 8.00. The number of ether oxygens (including phenoxy) is 3. The molecule has 2 N–H and O–H groups in total. The average Bonchev–Trinajstić information content (AvgIpc) is 3.77. The Morgan fingerprint density at radius 2 is 1.53 bits per heavy atom. The number of methoxy groups -OCH3 is 3. The lowest BCUT2D eigenvalue weighted by atomic mass is 10.1. The summed E-state index contributed by atoms with van der Waals surface area (Å²) >= 11 is 1.22. The maximum absolute atomic E-state index is 13.9. The Kier molecular flexibility index (Phi) is 10.6. The van der Waals surface area contributed by atoms with E-state index in [1.807, 2.05) is 24.3 Å². The van der Waals surface area contributed by atoms with Gasteiger partial charge in [0.2, 0.25) is 17.7 Å². The van der Waals surface area contributed by atoms with Gasteiger partial charge in [0.15, 0.2) is 17.1 Å². The summed E-state index contributed by atoms with van der Waals surface area (Å²) in [6, 6.07) is 33.0. The number of amides is 4. The molecule has 1 atom stereocenters. The summed E-state index contributed by atoms with van der Waals surface area (Å²) in [7, 11) is 4.46. The van der Waals surface area contributed by atoms with Crippen LogP contribution in [0.15, 0.2) is 130 Å². The zero-order valence-electron chi connectivity index (χ0n) is 29.9. The molecule has 0 unspecified atom stereocenters. The van der Waals surface area contributed by atoms with Crippen molar-refractivity contribution < 1.29 is 37.8 Å². The van der Waals surface area contributed by atoms with E-state index in [1.165, 1.54) is 44.1 Å². The van der Waals surface area contributed by atoms with Crippen molar-refractivity contribution in [2.75, 3.05) is 31.5 Å². The molecule has 1 aromatic heterocycles. The number of carbonyl (C=O) groups excluding carboxylic acids is 4. The predicted octanol–water partition coefficient (Wildman–Crippen LogP) is 7.35. The second-order valence-corrected chi connectivity index (χ2v) is 13.5. The number of oxazole rings is 1. The number of para-hydroxylation sites is 2. The van der Waals surface area contributed by atoms with Crippen molar-refractivity contribution >= 4 is 63.9 Å². The van der Waals surface area contributed by atoms with E-state index >= 15 is 0 Å². The maximum Gasteiger partial charge on any atom is 0.272 e. The first kappa shape index (κ1) is 36.5. The number of carbonyl (C=O) groups is 4. The maximum atomic E-state index is 13.9. The van der Waals surface area contributed by atoms with E-state index in [1.54, 1.807) is 91.0 Å². The zero-order valence-corrected chi connectivity index (χ0v) is 30.7. The molecule has 2 heterocycles. The number of aromatic nitrogens is 1. The van der Waals surface area contributed by atoms with Gasteiger partial charge in [-0.3, -0.25) is 19.2 Å². The minimum Gasteiger partial charge on any atom is -0.496 e. The monoisotopic (exact) mass is 754 g/mol. The zero-order chi connectivity index (χ0) is 38.5. The highest BCUT2D eigenvalue weighted by Crippen LogP contribution is 2.37. The molecular formula is C42H34N4O8S. The average molecular weight is 755 g/mol. The molecule has 5 aromatic carbocycles. The smallest absolute Gasteiger partial charge is 0.272 e. The van der Waals surface area contributed by atoms with Crippen molar-refractivity contribution in [3.63, 3.8) is 0 Å². The van der Waals surface area contributed by atoms with E-state index in [2.05, 4.69) is 15.6 Å². The van der Waals surface area contributed by atoms with Gasteiger partial charge in [-0.2, -0.15) is 0 Å². The van der Waals surface area contributed by atoms with Crippen LogP contribution in [0.1, 0.15) is 22.3 Å². The molecule has 1 saturated heterocycles. The van der Waals surface area contributed by atoms with Gasteiger partial charge in [-0.15, -0.1) is 11.8 Å². The Morgan fingerprint density at radius 1 is 0.818 bits per heavy atom. The van der Waals surface area contributed by atoms with E-state index < -0.39 is 17.1 Å². The molecule has 7 rings (SSSR count). The third kappa shape index (κ3) is 7.92. The third-order valence-corrected chi connectivity index (χ3v) is 9.89. The second kappa shape index (κ2) is 16.0. The van der Waals surface area contributed by atoms with Crippen molar-refractivity contribution in [2.24, 2.45) is 0 Å². The molecule has 13 heteroatoms. The van der Waals surface area contributed by atoms with Crippen molar-refractivity contribution in [1.29, 1.82) is 0 Å². The first-order valence-corrected chi connectivity index (χ1v) is 17.9. The molecular weight excluding hydrogens is 721 g/mol. The van der Waals surface area contributed by atoms with Crippen LogP contribution in [0.2, 0.25) is 0 Å². The Hall–Kier alpha value is -6.86. The van der Waals surface area contributed by atoms with Crippen LogP contribution < -0.4 is 29.7 Å². The minimum absolute atomic E-state index is 0.00146. The normalized spacial score (nSPS) is 14.2. The number of thioether (sulfide) groups is 1. The topological polar surface area (TPSA) is 149 Å². The number of benzene rings is 5. The predicted molar refractivity (Wildman–Crippen MR) is 209 cm³/mol. The van der Waals surface area contributed by atoms with Crippen LogP contribution in [0.4, 0.5) is 11.4 Å².